The van der Waals surface area contributed by atoms with E-state index in [-0.39, 0.29) is 0 Å². The molecule has 0 saturated carbocycles. The summed E-state index contributed by atoms with van der Waals surface area (Å²) in [6, 6.07) is 24.2. The molecule has 106 valence electrons. The largest absolute Gasteiger partial charge is 0.379 e. The fourth-order valence-corrected chi connectivity index (χ4v) is 2.65. The molecule has 1 heteroatoms. The lowest BCUT2D eigenvalue weighted by atomic mass is 10.0. The van der Waals surface area contributed by atoms with Crippen LogP contribution in [0.3, 0.4) is 0 Å². The third-order valence-electron chi connectivity index (χ3n) is 4.02. The Morgan fingerprint density at radius 1 is 0.857 bits per heavy atom. The van der Waals surface area contributed by atoms with Gasteiger partial charge in [0.2, 0.25) is 0 Å². The molecule has 0 heterocycles. The highest BCUT2D eigenvalue weighted by Gasteiger charge is 2.05. The Hall–Kier alpha value is -2.28. The van der Waals surface area contributed by atoms with Crippen LogP contribution >= 0.6 is 0 Å². The van der Waals surface area contributed by atoms with Crippen LogP contribution < -0.4 is 5.32 Å². The average Bonchev–Trinajstić information content (AvgIpc) is 2.55. The van der Waals surface area contributed by atoms with Crippen LogP contribution in [-0.2, 0) is 6.42 Å². The van der Waals surface area contributed by atoms with E-state index in [1.165, 1.54) is 27.6 Å². The van der Waals surface area contributed by atoms with E-state index in [2.05, 4.69) is 85.9 Å². The number of rotatable bonds is 4. The first-order valence-electron chi connectivity index (χ1n) is 7.60. The van der Waals surface area contributed by atoms with Crippen LogP contribution in [0.5, 0.6) is 0 Å². The predicted molar refractivity (Wildman–Crippen MR) is 91.8 cm³/mol. The van der Waals surface area contributed by atoms with Crippen LogP contribution in [0.4, 0.5) is 5.69 Å². The third-order valence-corrected chi connectivity index (χ3v) is 4.02. The lowest BCUT2D eigenvalue weighted by molar-refractivity contribution is 0.883. The minimum absolute atomic E-state index is 0.303. The summed E-state index contributed by atoms with van der Waals surface area (Å²) in [5, 5.41) is 6.14. The van der Waals surface area contributed by atoms with Gasteiger partial charge in [0, 0.05) is 11.7 Å². The van der Waals surface area contributed by atoms with Crippen LogP contribution in [0.25, 0.3) is 10.8 Å². The summed E-state index contributed by atoms with van der Waals surface area (Å²) < 4.78 is 0. The fraction of sp³-hybridized carbons (Fsp3) is 0.200. The van der Waals surface area contributed by atoms with Gasteiger partial charge in [-0.15, -0.1) is 0 Å². The van der Waals surface area contributed by atoms with Crippen molar-refractivity contribution in [2.75, 3.05) is 5.32 Å². The molecule has 0 aromatic heterocycles. The average molecular weight is 275 g/mol. The zero-order valence-electron chi connectivity index (χ0n) is 12.6. The van der Waals surface area contributed by atoms with Gasteiger partial charge < -0.3 is 5.32 Å². The maximum atomic E-state index is 3.59. The minimum atomic E-state index is 0.303. The molecule has 3 aromatic rings. The van der Waals surface area contributed by atoms with Gasteiger partial charge in [-0.3, -0.25) is 0 Å². The van der Waals surface area contributed by atoms with Crippen molar-refractivity contribution in [2.45, 2.75) is 26.3 Å². The molecule has 0 amide bonds. The van der Waals surface area contributed by atoms with E-state index in [1.807, 2.05) is 0 Å². The standard InChI is InChI=1S/C20H21N/c1-3-16-8-10-17(11-9-16)15(2)21-20-13-12-18-6-4-5-7-19(18)14-20/h4-15,21H,3H2,1-2H3. The fourth-order valence-electron chi connectivity index (χ4n) is 2.65. The normalized spacial score (nSPS) is 12.3. The molecule has 0 fully saturated rings. The quantitative estimate of drug-likeness (QED) is 0.656. The van der Waals surface area contributed by atoms with Crippen molar-refractivity contribution in [2.24, 2.45) is 0 Å². The monoisotopic (exact) mass is 275 g/mol. The van der Waals surface area contributed by atoms with Gasteiger partial charge in [0.15, 0.2) is 0 Å². The predicted octanol–water partition coefficient (Wildman–Crippen LogP) is 5.58. The van der Waals surface area contributed by atoms with Crippen LogP contribution in [0.1, 0.15) is 31.0 Å². The van der Waals surface area contributed by atoms with Gasteiger partial charge in [-0.05, 0) is 47.4 Å². The Morgan fingerprint density at radius 2 is 1.57 bits per heavy atom. The Kier molecular flexibility index (Phi) is 3.92. The second kappa shape index (κ2) is 6.01. The van der Waals surface area contributed by atoms with Gasteiger partial charge in [0.1, 0.15) is 0 Å². The highest BCUT2D eigenvalue weighted by Crippen LogP contribution is 2.23. The Balaban J connectivity index is 1.79. The van der Waals surface area contributed by atoms with Crippen molar-refractivity contribution in [1.82, 2.24) is 0 Å². The van der Waals surface area contributed by atoms with Crippen LogP contribution in [0.2, 0.25) is 0 Å². The maximum Gasteiger partial charge on any atom is 0.0485 e. The number of anilines is 1. The molecule has 3 rings (SSSR count). The first-order chi connectivity index (χ1) is 10.3. The van der Waals surface area contributed by atoms with E-state index in [0.29, 0.717) is 6.04 Å². The van der Waals surface area contributed by atoms with E-state index >= 15 is 0 Å². The molecule has 0 bridgehead atoms. The van der Waals surface area contributed by atoms with Crippen molar-refractivity contribution < 1.29 is 0 Å². The SMILES string of the molecule is CCc1ccc(C(C)Nc2ccc3ccccc3c2)cc1. The topological polar surface area (TPSA) is 12.0 Å². The molecule has 0 aliphatic carbocycles. The van der Waals surface area contributed by atoms with Crippen molar-refractivity contribution in [3.63, 3.8) is 0 Å². The zero-order valence-corrected chi connectivity index (χ0v) is 12.6. The van der Waals surface area contributed by atoms with Gasteiger partial charge in [0.25, 0.3) is 0 Å². The molecule has 0 radical (unpaired) electrons. The van der Waals surface area contributed by atoms with Crippen LogP contribution in [0, 0.1) is 0 Å². The van der Waals surface area contributed by atoms with Gasteiger partial charge in [-0.25, -0.2) is 0 Å². The van der Waals surface area contributed by atoms with Crippen molar-refractivity contribution in [1.29, 1.82) is 0 Å². The summed E-state index contributed by atoms with van der Waals surface area (Å²) in [7, 11) is 0. The Labute approximate surface area is 126 Å². The number of aryl methyl sites for hydroxylation is 1. The van der Waals surface area contributed by atoms with Crippen molar-refractivity contribution in [3.05, 3.63) is 77.9 Å². The smallest absolute Gasteiger partial charge is 0.0485 e. The zero-order chi connectivity index (χ0) is 14.7. The summed E-state index contributed by atoms with van der Waals surface area (Å²) in [4.78, 5) is 0. The second-order valence-corrected chi connectivity index (χ2v) is 5.52. The summed E-state index contributed by atoms with van der Waals surface area (Å²) in [6.45, 7) is 4.39. The Bertz CT molecular complexity index is 728. The number of benzene rings is 3. The number of hydrogen-bond donors (Lipinski definition) is 1. The highest BCUT2D eigenvalue weighted by molar-refractivity contribution is 5.85. The van der Waals surface area contributed by atoms with E-state index < -0.39 is 0 Å². The molecule has 3 aromatic carbocycles. The van der Waals surface area contributed by atoms with Crippen LogP contribution in [-0.4, -0.2) is 0 Å². The Morgan fingerprint density at radius 3 is 2.29 bits per heavy atom. The van der Waals surface area contributed by atoms with Crippen molar-refractivity contribution in [3.8, 4) is 0 Å². The van der Waals surface area contributed by atoms with E-state index in [0.717, 1.165) is 6.42 Å². The molecule has 1 N–H and O–H groups in total. The van der Waals surface area contributed by atoms with E-state index in [1.54, 1.807) is 0 Å². The second-order valence-electron chi connectivity index (χ2n) is 5.52. The molecule has 0 saturated heterocycles. The maximum absolute atomic E-state index is 3.59. The first kappa shape index (κ1) is 13.7. The molecular formula is C20H21N. The molecule has 0 spiro atoms. The molecule has 1 atom stereocenters. The molecule has 21 heavy (non-hydrogen) atoms. The van der Waals surface area contributed by atoms with E-state index in [4.69, 9.17) is 0 Å². The summed E-state index contributed by atoms with van der Waals surface area (Å²) in [6.07, 6.45) is 1.09. The van der Waals surface area contributed by atoms with Crippen molar-refractivity contribution >= 4 is 16.5 Å². The molecule has 0 aliphatic rings. The van der Waals surface area contributed by atoms with Crippen LogP contribution in [0.15, 0.2) is 66.7 Å². The van der Waals surface area contributed by atoms with Gasteiger partial charge in [0.05, 0.1) is 0 Å². The third kappa shape index (κ3) is 3.08. The first-order valence-corrected chi connectivity index (χ1v) is 7.60. The molecule has 1 nitrogen and oxygen atoms in total. The van der Waals surface area contributed by atoms with Gasteiger partial charge in [-0.1, -0.05) is 61.5 Å². The number of nitrogens with one attached hydrogen (secondary N) is 1. The molecule has 0 aliphatic heterocycles. The minimum Gasteiger partial charge on any atom is -0.379 e. The summed E-state index contributed by atoms with van der Waals surface area (Å²) in [5.41, 5.74) is 3.87. The molecular weight excluding hydrogens is 254 g/mol. The molecule has 1 unspecified atom stereocenters. The van der Waals surface area contributed by atoms with Gasteiger partial charge in [-0.2, -0.15) is 0 Å². The number of fused-ring (bicyclic) bond motifs is 1. The lowest BCUT2D eigenvalue weighted by Gasteiger charge is -2.16. The number of hydrogen-bond acceptors (Lipinski definition) is 1. The van der Waals surface area contributed by atoms with E-state index in [9.17, 15) is 0 Å². The highest BCUT2D eigenvalue weighted by atomic mass is 14.9. The van der Waals surface area contributed by atoms with Gasteiger partial charge >= 0.3 is 0 Å². The summed E-state index contributed by atoms with van der Waals surface area (Å²) in [5.74, 6) is 0. The summed E-state index contributed by atoms with van der Waals surface area (Å²) >= 11 is 0. The lowest BCUT2D eigenvalue weighted by Crippen LogP contribution is -2.06.